The lowest BCUT2D eigenvalue weighted by molar-refractivity contribution is -0.145. The normalized spacial score (nSPS) is 13.7. The fourth-order valence-electron chi connectivity index (χ4n) is 1.46. The smallest absolute Gasteiger partial charge is 0.344 e. The van der Waals surface area contributed by atoms with Crippen LogP contribution in [0.5, 0.6) is 5.75 Å². The maximum Gasteiger partial charge on any atom is 0.344 e. The van der Waals surface area contributed by atoms with E-state index in [1.807, 2.05) is 0 Å². The summed E-state index contributed by atoms with van der Waals surface area (Å²) in [5.74, 6) is 0.0383. The molecule has 0 saturated carbocycles. The summed E-state index contributed by atoms with van der Waals surface area (Å²) in [4.78, 5) is 11.1. The van der Waals surface area contributed by atoms with Crippen molar-refractivity contribution in [1.29, 1.82) is 0 Å². The van der Waals surface area contributed by atoms with Crippen LogP contribution in [0.1, 0.15) is 18.6 Å². The molecule has 0 aromatic heterocycles. The van der Waals surface area contributed by atoms with E-state index < -0.39 is 18.2 Å². The molecule has 0 saturated heterocycles. The van der Waals surface area contributed by atoms with Crippen molar-refractivity contribution in [2.24, 2.45) is 5.73 Å². The molecule has 2 unspecified atom stereocenters. The molecular weight excluding hydrogens is 250 g/mol. The first-order valence-corrected chi connectivity index (χ1v) is 6.03. The standard InChI is InChI=1S/C13H19NO5/c1-2-18-12(16)8-19-10-5-3-9(4-6-10)13(17)11(15)7-14/h3-6,11,13,15,17H,2,7-8,14H2,1H3. The summed E-state index contributed by atoms with van der Waals surface area (Å²) in [6.45, 7) is 1.84. The molecule has 6 nitrogen and oxygen atoms in total. The molecule has 19 heavy (non-hydrogen) atoms. The Labute approximate surface area is 111 Å². The lowest BCUT2D eigenvalue weighted by Crippen LogP contribution is -2.27. The minimum Gasteiger partial charge on any atom is -0.482 e. The summed E-state index contributed by atoms with van der Waals surface area (Å²) in [6, 6.07) is 6.40. The van der Waals surface area contributed by atoms with Crippen LogP contribution < -0.4 is 10.5 Å². The SMILES string of the molecule is CCOC(=O)COc1ccc(C(O)C(O)CN)cc1. The van der Waals surface area contributed by atoms with Crippen LogP contribution in [0, 0.1) is 0 Å². The Kier molecular flexibility index (Phi) is 6.27. The monoisotopic (exact) mass is 269 g/mol. The predicted octanol–water partition coefficient (Wildman–Crippen LogP) is -0.0185. The molecule has 0 fully saturated rings. The molecule has 0 aliphatic rings. The van der Waals surface area contributed by atoms with Crippen molar-refractivity contribution in [3.8, 4) is 5.75 Å². The quantitative estimate of drug-likeness (QED) is 0.601. The zero-order valence-electron chi connectivity index (χ0n) is 10.8. The second kappa shape index (κ2) is 7.73. The third kappa shape index (κ3) is 4.86. The first kappa shape index (κ1) is 15.4. The number of carbonyl (C=O) groups excluding carboxylic acids is 1. The van der Waals surface area contributed by atoms with Gasteiger partial charge in [0.2, 0.25) is 0 Å². The van der Waals surface area contributed by atoms with Gasteiger partial charge in [0.05, 0.1) is 12.7 Å². The van der Waals surface area contributed by atoms with Crippen molar-refractivity contribution >= 4 is 5.97 Å². The van der Waals surface area contributed by atoms with Gasteiger partial charge >= 0.3 is 5.97 Å². The van der Waals surface area contributed by atoms with Gasteiger partial charge in [-0.3, -0.25) is 0 Å². The van der Waals surface area contributed by atoms with Gasteiger partial charge in [0.15, 0.2) is 6.61 Å². The third-order valence-electron chi connectivity index (χ3n) is 2.49. The second-order valence-electron chi connectivity index (χ2n) is 3.91. The number of esters is 1. The molecular formula is C13H19NO5. The molecule has 0 aliphatic carbocycles. The van der Waals surface area contributed by atoms with E-state index in [1.165, 1.54) is 0 Å². The van der Waals surface area contributed by atoms with Gasteiger partial charge < -0.3 is 25.4 Å². The molecule has 0 aliphatic heterocycles. The minimum absolute atomic E-state index is 0.0255. The molecule has 4 N–H and O–H groups in total. The summed E-state index contributed by atoms with van der Waals surface area (Å²) < 4.78 is 9.92. The van der Waals surface area contributed by atoms with Crippen LogP contribution in [-0.2, 0) is 9.53 Å². The van der Waals surface area contributed by atoms with Crippen LogP contribution in [0.25, 0.3) is 0 Å². The molecule has 106 valence electrons. The first-order chi connectivity index (χ1) is 9.08. The summed E-state index contributed by atoms with van der Waals surface area (Å²) in [7, 11) is 0. The Balaban J connectivity index is 2.54. The maximum absolute atomic E-state index is 11.1. The van der Waals surface area contributed by atoms with Crippen molar-refractivity contribution < 1.29 is 24.5 Å². The topological polar surface area (TPSA) is 102 Å². The summed E-state index contributed by atoms with van der Waals surface area (Å²) >= 11 is 0. The number of aliphatic hydroxyl groups is 2. The van der Waals surface area contributed by atoms with E-state index in [1.54, 1.807) is 31.2 Å². The average Bonchev–Trinajstić information content (AvgIpc) is 2.44. The molecule has 2 atom stereocenters. The summed E-state index contributed by atoms with van der Waals surface area (Å²) in [5, 5.41) is 19.1. The van der Waals surface area contributed by atoms with E-state index in [9.17, 15) is 15.0 Å². The molecule has 0 radical (unpaired) electrons. The highest BCUT2D eigenvalue weighted by Gasteiger charge is 2.16. The average molecular weight is 269 g/mol. The van der Waals surface area contributed by atoms with Crippen molar-refractivity contribution in [1.82, 2.24) is 0 Å². The van der Waals surface area contributed by atoms with E-state index in [0.717, 1.165) is 0 Å². The highest BCUT2D eigenvalue weighted by atomic mass is 16.6. The Morgan fingerprint density at radius 1 is 1.32 bits per heavy atom. The van der Waals surface area contributed by atoms with E-state index in [2.05, 4.69) is 0 Å². The Hall–Kier alpha value is -1.63. The number of aliphatic hydroxyl groups excluding tert-OH is 2. The number of nitrogens with two attached hydrogens (primary N) is 1. The third-order valence-corrected chi connectivity index (χ3v) is 2.49. The van der Waals surface area contributed by atoms with Crippen molar-refractivity contribution in [3.05, 3.63) is 29.8 Å². The van der Waals surface area contributed by atoms with E-state index in [4.69, 9.17) is 15.2 Å². The van der Waals surface area contributed by atoms with Crippen LogP contribution in [0.15, 0.2) is 24.3 Å². The fraction of sp³-hybridized carbons (Fsp3) is 0.462. The van der Waals surface area contributed by atoms with Crippen molar-refractivity contribution in [3.63, 3.8) is 0 Å². The molecule has 6 heteroatoms. The zero-order chi connectivity index (χ0) is 14.3. The van der Waals surface area contributed by atoms with Gasteiger partial charge in [-0.25, -0.2) is 4.79 Å². The minimum atomic E-state index is -1.04. The maximum atomic E-state index is 11.1. The van der Waals surface area contributed by atoms with E-state index in [-0.39, 0.29) is 13.2 Å². The fourth-order valence-corrected chi connectivity index (χ4v) is 1.46. The number of ether oxygens (including phenoxy) is 2. The number of carbonyl (C=O) groups is 1. The highest BCUT2D eigenvalue weighted by Crippen LogP contribution is 2.20. The lowest BCUT2D eigenvalue weighted by atomic mass is 10.0. The van der Waals surface area contributed by atoms with Gasteiger partial charge in [-0.05, 0) is 24.6 Å². The first-order valence-electron chi connectivity index (χ1n) is 6.03. The van der Waals surface area contributed by atoms with Gasteiger partial charge in [-0.2, -0.15) is 0 Å². The second-order valence-corrected chi connectivity index (χ2v) is 3.91. The Bertz CT molecular complexity index is 393. The summed E-state index contributed by atoms with van der Waals surface area (Å²) in [5.41, 5.74) is 5.79. The number of benzene rings is 1. The van der Waals surface area contributed by atoms with Gasteiger partial charge in [0.25, 0.3) is 0 Å². The van der Waals surface area contributed by atoms with Crippen LogP contribution in [-0.4, -0.2) is 42.0 Å². The lowest BCUT2D eigenvalue weighted by Gasteiger charge is -2.16. The van der Waals surface area contributed by atoms with Gasteiger partial charge in [0, 0.05) is 6.54 Å². The molecule has 0 bridgehead atoms. The number of hydrogen-bond donors (Lipinski definition) is 3. The van der Waals surface area contributed by atoms with Crippen LogP contribution in [0.2, 0.25) is 0 Å². The largest absolute Gasteiger partial charge is 0.482 e. The molecule has 1 aromatic rings. The summed E-state index contributed by atoms with van der Waals surface area (Å²) in [6.07, 6.45) is -2.05. The van der Waals surface area contributed by atoms with Crippen LogP contribution in [0.4, 0.5) is 0 Å². The van der Waals surface area contributed by atoms with Gasteiger partial charge in [-0.1, -0.05) is 12.1 Å². The van der Waals surface area contributed by atoms with Crippen LogP contribution in [0.3, 0.4) is 0 Å². The number of rotatable bonds is 7. The van der Waals surface area contributed by atoms with Crippen molar-refractivity contribution in [2.45, 2.75) is 19.1 Å². The molecule has 0 heterocycles. The van der Waals surface area contributed by atoms with Crippen molar-refractivity contribution in [2.75, 3.05) is 19.8 Å². The van der Waals surface area contributed by atoms with E-state index in [0.29, 0.717) is 17.9 Å². The highest BCUT2D eigenvalue weighted by molar-refractivity contribution is 5.71. The molecule has 1 rings (SSSR count). The van der Waals surface area contributed by atoms with E-state index >= 15 is 0 Å². The molecule has 0 spiro atoms. The predicted molar refractivity (Wildman–Crippen MR) is 68.6 cm³/mol. The Morgan fingerprint density at radius 2 is 1.95 bits per heavy atom. The van der Waals surface area contributed by atoms with Gasteiger partial charge in [0.1, 0.15) is 11.9 Å². The van der Waals surface area contributed by atoms with Gasteiger partial charge in [-0.15, -0.1) is 0 Å². The molecule has 0 amide bonds. The van der Waals surface area contributed by atoms with Crippen LogP contribution >= 0.6 is 0 Å². The number of hydrogen-bond acceptors (Lipinski definition) is 6. The zero-order valence-corrected chi connectivity index (χ0v) is 10.8. The molecule has 1 aromatic carbocycles. The Morgan fingerprint density at radius 3 is 2.47 bits per heavy atom.